The third kappa shape index (κ3) is 2.31. The van der Waals surface area contributed by atoms with Crippen LogP contribution in [0.3, 0.4) is 0 Å². The Morgan fingerprint density at radius 1 is 1.50 bits per heavy atom. The number of carbonyl (C=O) groups excluding carboxylic acids is 1. The van der Waals surface area contributed by atoms with Gasteiger partial charge in [-0.3, -0.25) is 4.79 Å². The molecule has 20 heavy (non-hydrogen) atoms. The number of phenols is 1. The molecule has 0 aliphatic carbocycles. The van der Waals surface area contributed by atoms with E-state index in [2.05, 4.69) is 6.58 Å². The largest absolute Gasteiger partial charge is 0.505 e. The van der Waals surface area contributed by atoms with Crippen molar-refractivity contribution in [2.75, 3.05) is 37.5 Å². The molecule has 5 nitrogen and oxygen atoms in total. The Balaban J connectivity index is 2.62. The molecular weight excluding hydrogens is 256 g/mol. The third-order valence-corrected chi connectivity index (χ3v) is 3.45. The number of benzene rings is 1. The maximum Gasteiger partial charge on any atom is 0.227 e. The molecule has 0 saturated carbocycles. The number of ether oxygens (including phenoxy) is 1. The number of hydrogen-bond donors (Lipinski definition) is 1. The number of hydrogen-bond acceptors (Lipinski definition) is 4. The highest BCUT2D eigenvalue weighted by Gasteiger charge is 2.29. The molecule has 108 valence electrons. The maximum absolute atomic E-state index is 11.9. The molecule has 5 heteroatoms. The highest BCUT2D eigenvalue weighted by molar-refractivity contribution is 5.99. The number of phenolic OH excluding ortho intramolecular Hbond substituents is 1. The van der Waals surface area contributed by atoms with Crippen LogP contribution in [0.25, 0.3) is 0 Å². The Kier molecular flexibility index (Phi) is 3.88. The lowest BCUT2D eigenvalue weighted by molar-refractivity contribution is -0.118. The van der Waals surface area contributed by atoms with Gasteiger partial charge in [0.2, 0.25) is 5.91 Å². The number of aromatic hydroxyl groups is 1. The summed E-state index contributed by atoms with van der Waals surface area (Å²) >= 11 is 0. The smallest absolute Gasteiger partial charge is 0.227 e. The lowest BCUT2D eigenvalue weighted by atomic mass is 9.98. The van der Waals surface area contributed by atoms with Crippen LogP contribution in [0.5, 0.6) is 11.5 Å². The molecule has 0 saturated heterocycles. The number of anilines is 2. The van der Waals surface area contributed by atoms with Gasteiger partial charge in [0, 0.05) is 39.2 Å². The van der Waals surface area contributed by atoms with Gasteiger partial charge in [-0.05, 0) is 6.42 Å². The highest BCUT2D eigenvalue weighted by Crippen LogP contribution is 2.46. The second-order valence-corrected chi connectivity index (χ2v) is 5.02. The van der Waals surface area contributed by atoms with Crippen LogP contribution in [0.2, 0.25) is 0 Å². The van der Waals surface area contributed by atoms with Gasteiger partial charge in [0.1, 0.15) is 18.1 Å². The molecule has 1 aromatic carbocycles. The summed E-state index contributed by atoms with van der Waals surface area (Å²) in [4.78, 5) is 15.2. The van der Waals surface area contributed by atoms with Gasteiger partial charge in [-0.25, -0.2) is 0 Å². The molecule has 0 unspecified atom stereocenters. The predicted octanol–water partition coefficient (Wildman–Crippen LogP) is 1.93. The minimum atomic E-state index is 0.0259. The van der Waals surface area contributed by atoms with E-state index in [1.54, 1.807) is 24.1 Å². The summed E-state index contributed by atoms with van der Waals surface area (Å²) in [5, 5.41) is 10.4. The molecule has 0 atom stereocenters. The summed E-state index contributed by atoms with van der Waals surface area (Å²) in [6.45, 7) is 3.98. The van der Waals surface area contributed by atoms with Crippen molar-refractivity contribution in [2.24, 2.45) is 0 Å². The fourth-order valence-corrected chi connectivity index (χ4v) is 2.40. The van der Waals surface area contributed by atoms with Crippen LogP contribution < -0.4 is 14.5 Å². The van der Waals surface area contributed by atoms with E-state index in [1.165, 1.54) is 0 Å². The molecule has 0 spiro atoms. The zero-order valence-electron chi connectivity index (χ0n) is 12.1. The van der Waals surface area contributed by atoms with E-state index in [-0.39, 0.29) is 11.7 Å². The van der Waals surface area contributed by atoms with Crippen LogP contribution >= 0.6 is 0 Å². The number of carbonyl (C=O) groups is 1. The zero-order valence-corrected chi connectivity index (χ0v) is 12.1. The molecule has 1 aliphatic rings. The van der Waals surface area contributed by atoms with E-state index < -0.39 is 0 Å². The van der Waals surface area contributed by atoms with Gasteiger partial charge in [-0.15, -0.1) is 0 Å². The Morgan fingerprint density at radius 2 is 2.20 bits per heavy atom. The maximum atomic E-state index is 11.9. The van der Waals surface area contributed by atoms with E-state index in [9.17, 15) is 9.90 Å². The monoisotopic (exact) mass is 276 g/mol. The van der Waals surface area contributed by atoms with Crippen molar-refractivity contribution in [2.45, 2.75) is 12.8 Å². The van der Waals surface area contributed by atoms with Gasteiger partial charge < -0.3 is 19.6 Å². The highest BCUT2D eigenvalue weighted by atomic mass is 16.5. The average Bonchev–Trinajstić information content (AvgIpc) is 2.41. The Labute approximate surface area is 119 Å². The predicted molar refractivity (Wildman–Crippen MR) is 79.9 cm³/mol. The van der Waals surface area contributed by atoms with Crippen molar-refractivity contribution in [1.29, 1.82) is 0 Å². The normalized spacial score (nSPS) is 13.9. The van der Waals surface area contributed by atoms with E-state index in [4.69, 9.17) is 4.74 Å². The minimum absolute atomic E-state index is 0.0259. The van der Waals surface area contributed by atoms with Crippen molar-refractivity contribution in [1.82, 2.24) is 0 Å². The summed E-state index contributed by atoms with van der Waals surface area (Å²) in [6, 6.07) is 1.76. The summed E-state index contributed by atoms with van der Waals surface area (Å²) in [7, 11) is 5.42. The fraction of sp³-hybridized carbons (Fsp3) is 0.400. The standard InChI is InChI=1S/C15H20N2O3/c1-5-8-20-12-9-11(16(2)3)15(19)10-6-7-13(18)17(4)14(10)12/h5,9,19H,1,6-8H2,2-4H3. The molecule has 1 aromatic rings. The van der Waals surface area contributed by atoms with Gasteiger partial charge >= 0.3 is 0 Å². The Bertz CT molecular complexity index is 553. The zero-order chi connectivity index (χ0) is 14.9. The van der Waals surface area contributed by atoms with E-state index in [1.807, 2.05) is 19.0 Å². The number of rotatable bonds is 4. The van der Waals surface area contributed by atoms with Gasteiger partial charge in [0.05, 0.1) is 11.4 Å². The van der Waals surface area contributed by atoms with Gasteiger partial charge in [0.25, 0.3) is 0 Å². The van der Waals surface area contributed by atoms with Crippen LogP contribution in [0.1, 0.15) is 12.0 Å². The topological polar surface area (TPSA) is 53.0 Å². The quantitative estimate of drug-likeness (QED) is 0.854. The van der Waals surface area contributed by atoms with Crippen molar-refractivity contribution >= 4 is 17.3 Å². The molecule has 1 heterocycles. The molecule has 1 aliphatic heterocycles. The molecule has 1 amide bonds. The summed E-state index contributed by atoms with van der Waals surface area (Å²) in [6.07, 6.45) is 2.57. The number of fused-ring (bicyclic) bond motifs is 1. The minimum Gasteiger partial charge on any atom is -0.505 e. The Hall–Kier alpha value is -2.17. The van der Waals surface area contributed by atoms with Crippen molar-refractivity contribution in [3.8, 4) is 11.5 Å². The second-order valence-electron chi connectivity index (χ2n) is 5.02. The number of amides is 1. The molecule has 0 bridgehead atoms. The fourth-order valence-electron chi connectivity index (χ4n) is 2.40. The molecule has 2 rings (SSSR count). The average molecular weight is 276 g/mol. The third-order valence-electron chi connectivity index (χ3n) is 3.45. The van der Waals surface area contributed by atoms with Crippen molar-refractivity contribution in [3.63, 3.8) is 0 Å². The molecule has 0 fully saturated rings. The van der Waals surface area contributed by atoms with E-state index in [0.29, 0.717) is 36.6 Å². The molecule has 0 aromatic heterocycles. The second kappa shape index (κ2) is 5.45. The van der Waals surface area contributed by atoms with Crippen LogP contribution in [0.15, 0.2) is 18.7 Å². The molecule has 1 N–H and O–H groups in total. The lowest BCUT2D eigenvalue weighted by Crippen LogP contribution is -2.32. The first kappa shape index (κ1) is 14.2. The Morgan fingerprint density at radius 3 is 2.80 bits per heavy atom. The molecule has 0 radical (unpaired) electrons. The summed E-state index contributed by atoms with van der Waals surface area (Å²) in [5.41, 5.74) is 2.11. The van der Waals surface area contributed by atoms with Gasteiger partial charge in [-0.1, -0.05) is 12.7 Å². The molecular formula is C15H20N2O3. The van der Waals surface area contributed by atoms with Crippen LogP contribution in [0, 0.1) is 0 Å². The lowest BCUT2D eigenvalue weighted by Gasteiger charge is -2.30. The number of nitrogens with zero attached hydrogens (tertiary/aromatic N) is 2. The van der Waals surface area contributed by atoms with Crippen LogP contribution in [-0.2, 0) is 11.2 Å². The first-order valence-corrected chi connectivity index (χ1v) is 6.53. The summed E-state index contributed by atoms with van der Waals surface area (Å²) < 4.78 is 5.67. The van der Waals surface area contributed by atoms with Crippen molar-refractivity contribution < 1.29 is 14.6 Å². The van der Waals surface area contributed by atoms with E-state index >= 15 is 0 Å². The first-order valence-electron chi connectivity index (χ1n) is 6.53. The van der Waals surface area contributed by atoms with Crippen LogP contribution in [0.4, 0.5) is 11.4 Å². The van der Waals surface area contributed by atoms with Crippen LogP contribution in [-0.4, -0.2) is 38.8 Å². The van der Waals surface area contributed by atoms with Gasteiger partial charge in [-0.2, -0.15) is 0 Å². The van der Waals surface area contributed by atoms with E-state index in [0.717, 1.165) is 5.56 Å². The van der Waals surface area contributed by atoms with Gasteiger partial charge in [0.15, 0.2) is 0 Å². The summed E-state index contributed by atoms with van der Waals surface area (Å²) in [5.74, 6) is 0.838. The van der Waals surface area contributed by atoms with Crippen molar-refractivity contribution in [3.05, 3.63) is 24.3 Å². The SMILES string of the molecule is C=CCOc1cc(N(C)C)c(O)c2c1N(C)C(=O)CC2. The first-order chi connectivity index (χ1) is 9.47.